The summed E-state index contributed by atoms with van der Waals surface area (Å²) in [5, 5.41) is 4.24. The lowest BCUT2D eigenvalue weighted by atomic mass is 10.1. The highest BCUT2D eigenvalue weighted by Crippen LogP contribution is 2.20. The molecule has 0 aliphatic heterocycles. The van der Waals surface area contributed by atoms with E-state index >= 15 is 0 Å². The van der Waals surface area contributed by atoms with Gasteiger partial charge in [0, 0.05) is 20.8 Å². The van der Waals surface area contributed by atoms with Gasteiger partial charge < -0.3 is 5.32 Å². The minimum absolute atomic E-state index is 0.791. The van der Waals surface area contributed by atoms with Gasteiger partial charge in [0.25, 0.3) is 0 Å². The van der Waals surface area contributed by atoms with Crippen LogP contribution in [0.3, 0.4) is 0 Å². The summed E-state index contributed by atoms with van der Waals surface area (Å²) in [4.78, 5) is 0. The van der Waals surface area contributed by atoms with Crippen LogP contribution in [0, 0.1) is 17.4 Å². The maximum Gasteiger partial charge on any atom is 0.0438 e. The molecule has 0 unspecified atom stereocenters. The first-order valence-electron chi connectivity index (χ1n) is 5.81. The Morgan fingerprint density at radius 3 is 2.44 bits per heavy atom. The lowest BCUT2D eigenvalue weighted by Crippen LogP contribution is -2.00. The Balaban J connectivity index is 2.06. The molecule has 0 spiro atoms. The van der Waals surface area contributed by atoms with Crippen molar-refractivity contribution in [2.24, 2.45) is 0 Å². The molecular weight excluding hydrogens is 357 g/mol. The van der Waals surface area contributed by atoms with Crippen molar-refractivity contribution in [3.05, 3.63) is 61.7 Å². The summed E-state index contributed by atoms with van der Waals surface area (Å²) in [5.41, 5.74) is 4.76. The molecule has 0 saturated carbocycles. The number of nitrogens with one attached hydrogen (secondary N) is 1. The Morgan fingerprint density at radius 2 is 1.78 bits per heavy atom. The molecule has 0 atom stereocenters. The third kappa shape index (κ3) is 3.39. The first kappa shape index (κ1) is 13.7. The molecule has 0 aromatic heterocycles. The third-order valence-corrected chi connectivity index (χ3v) is 4.47. The minimum atomic E-state index is 0.791. The largest absolute Gasteiger partial charge is 0.381 e. The molecule has 0 heterocycles. The minimum Gasteiger partial charge on any atom is -0.381 e. The maximum atomic E-state index is 6.11. The van der Waals surface area contributed by atoms with E-state index < -0.39 is 0 Å². The second kappa shape index (κ2) is 5.93. The van der Waals surface area contributed by atoms with Crippen molar-refractivity contribution in [1.82, 2.24) is 0 Å². The Labute approximate surface area is 127 Å². The zero-order chi connectivity index (χ0) is 13.1. The fourth-order valence-electron chi connectivity index (χ4n) is 1.65. The molecule has 0 aliphatic rings. The van der Waals surface area contributed by atoms with Crippen LogP contribution in [0.4, 0.5) is 5.69 Å². The number of benzene rings is 2. The van der Waals surface area contributed by atoms with Gasteiger partial charge in [0.2, 0.25) is 0 Å². The van der Waals surface area contributed by atoms with E-state index in [0.29, 0.717) is 0 Å². The van der Waals surface area contributed by atoms with Crippen LogP contribution in [0.2, 0.25) is 5.02 Å². The molecule has 0 aliphatic carbocycles. The number of aryl methyl sites for hydroxylation is 2. The number of rotatable bonds is 3. The molecule has 1 nitrogen and oxygen atoms in total. The topological polar surface area (TPSA) is 12.0 Å². The van der Waals surface area contributed by atoms with Crippen molar-refractivity contribution >= 4 is 39.9 Å². The zero-order valence-corrected chi connectivity index (χ0v) is 13.3. The average Bonchev–Trinajstić information content (AvgIpc) is 2.35. The monoisotopic (exact) mass is 371 g/mol. The molecule has 2 aromatic carbocycles. The van der Waals surface area contributed by atoms with Gasteiger partial charge in [0.05, 0.1) is 0 Å². The second-order valence-electron chi connectivity index (χ2n) is 4.40. The van der Waals surface area contributed by atoms with Crippen LogP contribution in [-0.4, -0.2) is 0 Å². The fourth-order valence-corrected chi connectivity index (χ4v) is 2.37. The normalized spacial score (nSPS) is 10.4. The lowest BCUT2D eigenvalue weighted by molar-refractivity contribution is 1.14. The van der Waals surface area contributed by atoms with Crippen molar-refractivity contribution < 1.29 is 0 Å². The molecule has 94 valence electrons. The quantitative estimate of drug-likeness (QED) is 0.734. The summed E-state index contributed by atoms with van der Waals surface area (Å²) >= 11 is 8.47. The van der Waals surface area contributed by atoms with Crippen molar-refractivity contribution in [3.63, 3.8) is 0 Å². The highest BCUT2D eigenvalue weighted by atomic mass is 127. The molecule has 0 saturated heterocycles. The highest BCUT2D eigenvalue weighted by molar-refractivity contribution is 14.1. The SMILES string of the molecule is Cc1ccc(CNc2ccc(C)c(I)c2)cc1Cl. The van der Waals surface area contributed by atoms with Crippen molar-refractivity contribution in [2.75, 3.05) is 5.32 Å². The van der Waals surface area contributed by atoms with E-state index in [1.807, 2.05) is 13.0 Å². The molecule has 18 heavy (non-hydrogen) atoms. The Morgan fingerprint density at radius 1 is 1.06 bits per heavy atom. The number of hydrogen-bond acceptors (Lipinski definition) is 1. The lowest BCUT2D eigenvalue weighted by Gasteiger charge is -2.09. The standard InChI is InChI=1S/C15H15ClIN/c1-10-3-5-12(7-14(10)16)9-18-13-6-4-11(2)15(17)8-13/h3-8,18H,9H2,1-2H3. The molecule has 3 heteroatoms. The summed E-state index contributed by atoms with van der Waals surface area (Å²) < 4.78 is 1.28. The van der Waals surface area contributed by atoms with Gasteiger partial charge in [-0.3, -0.25) is 0 Å². The van der Waals surface area contributed by atoms with Crippen molar-refractivity contribution in [3.8, 4) is 0 Å². The Bertz CT molecular complexity index is 515. The van der Waals surface area contributed by atoms with Gasteiger partial charge in [-0.2, -0.15) is 0 Å². The predicted molar refractivity (Wildman–Crippen MR) is 87.4 cm³/mol. The van der Waals surface area contributed by atoms with Crippen LogP contribution >= 0.6 is 34.2 Å². The van der Waals surface area contributed by atoms with Crippen molar-refractivity contribution in [2.45, 2.75) is 20.4 Å². The van der Waals surface area contributed by atoms with Gasteiger partial charge in [-0.25, -0.2) is 0 Å². The summed E-state index contributed by atoms with van der Waals surface area (Å²) in [6, 6.07) is 12.6. The van der Waals surface area contributed by atoms with Crippen LogP contribution in [0.25, 0.3) is 0 Å². The van der Waals surface area contributed by atoms with E-state index in [1.165, 1.54) is 14.7 Å². The number of hydrogen-bond donors (Lipinski definition) is 1. The molecule has 0 fully saturated rings. The van der Waals surface area contributed by atoms with E-state index in [2.05, 4.69) is 65.2 Å². The Kier molecular flexibility index (Phi) is 4.51. The average molecular weight is 372 g/mol. The van der Waals surface area contributed by atoms with E-state index in [0.717, 1.165) is 22.8 Å². The Hall–Kier alpha value is -0.740. The van der Waals surface area contributed by atoms with Gasteiger partial charge in [0.15, 0.2) is 0 Å². The summed E-state index contributed by atoms with van der Waals surface area (Å²) in [6.07, 6.45) is 0. The summed E-state index contributed by atoms with van der Waals surface area (Å²) in [6.45, 7) is 4.92. The maximum absolute atomic E-state index is 6.11. The van der Waals surface area contributed by atoms with Gasteiger partial charge >= 0.3 is 0 Å². The van der Waals surface area contributed by atoms with Gasteiger partial charge in [-0.15, -0.1) is 0 Å². The van der Waals surface area contributed by atoms with Gasteiger partial charge in [0.1, 0.15) is 0 Å². The van der Waals surface area contributed by atoms with E-state index in [-0.39, 0.29) is 0 Å². The molecule has 0 radical (unpaired) electrons. The molecular formula is C15H15ClIN. The van der Waals surface area contributed by atoms with E-state index in [1.54, 1.807) is 0 Å². The number of anilines is 1. The van der Waals surface area contributed by atoms with Gasteiger partial charge in [-0.05, 0) is 71.3 Å². The van der Waals surface area contributed by atoms with Gasteiger partial charge in [-0.1, -0.05) is 29.8 Å². The molecule has 0 bridgehead atoms. The number of halogens is 2. The molecule has 2 rings (SSSR count). The van der Waals surface area contributed by atoms with Crippen LogP contribution in [-0.2, 0) is 6.54 Å². The van der Waals surface area contributed by atoms with Crippen LogP contribution < -0.4 is 5.32 Å². The van der Waals surface area contributed by atoms with Crippen molar-refractivity contribution in [1.29, 1.82) is 0 Å². The molecule has 2 aromatic rings. The second-order valence-corrected chi connectivity index (χ2v) is 5.97. The van der Waals surface area contributed by atoms with E-state index in [9.17, 15) is 0 Å². The smallest absolute Gasteiger partial charge is 0.0438 e. The summed E-state index contributed by atoms with van der Waals surface area (Å²) in [7, 11) is 0. The third-order valence-electron chi connectivity index (χ3n) is 2.90. The molecule has 1 N–H and O–H groups in total. The van der Waals surface area contributed by atoms with Crippen LogP contribution in [0.5, 0.6) is 0 Å². The molecule has 0 amide bonds. The first-order chi connectivity index (χ1) is 8.56. The van der Waals surface area contributed by atoms with Crippen LogP contribution in [0.1, 0.15) is 16.7 Å². The summed E-state index contributed by atoms with van der Waals surface area (Å²) in [5.74, 6) is 0. The highest BCUT2D eigenvalue weighted by Gasteiger charge is 2.00. The fraction of sp³-hybridized carbons (Fsp3) is 0.200. The first-order valence-corrected chi connectivity index (χ1v) is 7.27. The van der Waals surface area contributed by atoms with E-state index in [4.69, 9.17) is 11.6 Å². The zero-order valence-electron chi connectivity index (χ0n) is 10.4. The van der Waals surface area contributed by atoms with Crippen LogP contribution in [0.15, 0.2) is 36.4 Å². The predicted octanol–water partition coefficient (Wildman–Crippen LogP) is 5.17.